The van der Waals surface area contributed by atoms with Gasteiger partial charge in [0.25, 0.3) is 0 Å². The molecule has 0 radical (unpaired) electrons. The molecule has 0 spiro atoms. The van der Waals surface area contributed by atoms with Crippen molar-refractivity contribution in [2.45, 2.75) is 58.2 Å². The number of carbonyl (C=O) groups excluding carboxylic acids is 2. The molecular weight excluding hydrogens is 304 g/mol. The van der Waals surface area contributed by atoms with Gasteiger partial charge in [0.2, 0.25) is 0 Å². The number of allylic oxidation sites excluding steroid dienone is 1. The van der Waals surface area contributed by atoms with E-state index in [0.717, 1.165) is 43.2 Å². The van der Waals surface area contributed by atoms with Crippen LogP contribution in [0.2, 0.25) is 0 Å². The van der Waals surface area contributed by atoms with E-state index in [2.05, 4.69) is 13.0 Å². The van der Waals surface area contributed by atoms with Gasteiger partial charge < -0.3 is 9.47 Å². The summed E-state index contributed by atoms with van der Waals surface area (Å²) in [5, 5.41) is 0. The summed E-state index contributed by atoms with van der Waals surface area (Å²) in [6.07, 6.45) is 6.28. The molecule has 0 N–H and O–H groups in total. The fourth-order valence-corrected chi connectivity index (χ4v) is 3.86. The first-order valence-electron chi connectivity index (χ1n) is 8.77. The molecule has 128 valence electrons. The summed E-state index contributed by atoms with van der Waals surface area (Å²) in [5.41, 5.74) is 1.47. The van der Waals surface area contributed by atoms with Crippen LogP contribution in [-0.2, 0) is 25.7 Å². The standard InChI is InChI=1S/C20H24O4/c1-2-11-20-12-7-6-10-16(20)17(24-19(20)22)13-18(21)23-14-15-8-4-3-5-9-15/h3-5,8-10,17H,2,6-7,11-14H2,1H3/t17-,20+/m1/s1. The van der Waals surface area contributed by atoms with Crippen LogP contribution in [0.1, 0.15) is 51.0 Å². The van der Waals surface area contributed by atoms with E-state index in [4.69, 9.17) is 9.47 Å². The number of rotatable bonds is 6. The molecule has 2 aliphatic rings. The summed E-state index contributed by atoms with van der Waals surface area (Å²) in [4.78, 5) is 24.7. The van der Waals surface area contributed by atoms with Gasteiger partial charge in [-0.2, -0.15) is 0 Å². The first kappa shape index (κ1) is 16.7. The van der Waals surface area contributed by atoms with Gasteiger partial charge in [-0.15, -0.1) is 0 Å². The van der Waals surface area contributed by atoms with Crippen molar-refractivity contribution in [1.29, 1.82) is 0 Å². The van der Waals surface area contributed by atoms with Crippen LogP contribution >= 0.6 is 0 Å². The molecule has 0 aromatic heterocycles. The maximum atomic E-state index is 12.5. The van der Waals surface area contributed by atoms with Gasteiger partial charge in [0.15, 0.2) is 0 Å². The second kappa shape index (κ2) is 7.20. The third-order valence-corrected chi connectivity index (χ3v) is 4.98. The average molecular weight is 328 g/mol. The molecule has 1 saturated heterocycles. The summed E-state index contributed by atoms with van der Waals surface area (Å²) >= 11 is 0. The number of ether oxygens (including phenoxy) is 2. The smallest absolute Gasteiger partial charge is 0.316 e. The van der Waals surface area contributed by atoms with Crippen molar-refractivity contribution in [2.75, 3.05) is 0 Å². The van der Waals surface area contributed by atoms with Crippen LogP contribution < -0.4 is 0 Å². The molecule has 24 heavy (non-hydrogen) atoms. The Kier molecular flexibility index (Phi) is 5.03. The second-order valence-corrected chi connectivity index (χ2v) is 6.63. The SMILES string of the molecule is CCC[C@]12CCCC=C1[C@@H](CC(=O)OCc1ccccc1)OC2=O. The third-order valence-electron chi connectivity index (χ3n) is 4.98. The van der Waals surface area contributed by atoms with Crippen LogP contribution in [-0.4, -0.2) is 18.0 Å². The van der Waals surface area contributed by atoms with Crippen LogP contribution in [0.4, 0.5) is 0 Å². The van der Waals surface area contributed by atoms with E-state index < -0.39 is 11.5 Å². The zero-order valence-electron chi connectivity index (χ0n) is 14.1. The molecule has 1 fully saturated rings. The van der Waals surface area contributed by atoms with E-state index in [1.807, 2.05) is 30.3 Å². The molecule has 1 aliphatic heterocycles. The van der Waals surface area contributed by atoms with E-state index in [1.165, 1.54) is 0 Å². The van der Waals surface area contributed by atoms with Gasteiger partial charge in [0.1, 0.15) is 12.7 Å². The number of cyclic esters (lactones) is 1. The van der Waals surface area contributed by atoms with Crippen LogP contribution in [0.5, 0.6) is 0 Å². The Balaban J connectivity index is 1.64. The molecule has 1 aromatic carbocycles. The monoisotopic (exact) mass is 328 g/mol. The molecule has 2 atom stereocenters. The highest BCUT2D eigenvalue weighted by molar-refractivity contribution is 5.86. The number of benzene rings is 1. The lowest BCUT2D eigenvalue weighted by atomic mass is 9.69. The van der Waals surface area contributed by atoms with Crippen molar-refractivity contribution in [2.24, 2.45) is 5.41 Å². The summed E-state index contributed by atoms with van der Waals surface area (Å²) in [6.45, 7) is 2.33. The van der Waals surface area contributed by atoms with Crippen molar-refractivity contribution >= 4 is 11.9 Å². The Labute approximate surface area is 142 Å². The number of esters is 2. The molecular formula is C20H24O4. The minimum Gasteiger partial charge on any atom is -0.461 e. The number of hydrogen-bond donors (Lipinski definition) is 0. The molecule has 0 bridgehead atoms. The highest BCUT2D eigenvalue weighted by Gasteiger charge is 2.53. The van der Waals surface area contributed by atoms with Gasteiger partial charge in [-0.1, -0.05) is 49.8 Å². The molecule has 0 unspecified atom stereocenters. The summed E-state index contributed by atoms with van der Waals surface area (Å²) < 4.78 is 10.9. The zero-order valence-corrected chi connectivity index (χ0v) is 14.1. The second-order valence-electron chi connectivity index (χ2n) is 6.63. The molecule has 0 saturated carbocycles. The quantitative estimate of drug-likeness (QED) is 0.586. The Hall–Kier alpha value is -2.10. The van der Waals surface area contributed by atoms with Gasteiger partial charge in [0, 0.05) is 0 Å². The van der Waals surface area contributed by atoms with Crippen LogP contribution in [0.25, 0.3) is 0 Å². The van der Waals surface area contributed by atoms with E-state index in [1.54, 1.807) is 0 Å². The van der Waals surface area contributed by atoms with Crippen LogP contribution in [0, 0.1) is 5.41 Å². The topological polar surface area (TPSA) is 52.6 Å². The van der Waals surface area contributed by atoms with E-state index in [-0.39, 0.29) is 25.0 Å². The van der Waals surface area contributed by atoms with Crippen molar-refractivity contribution in [3.05, 3.63) is 47.5 Å². The summed E-state index contributed by atoms with van der Waals surface area (Å²) in [6, 6.07) is 9.57. The summed E-state index contributed by atoms with van der Waals surface area (Å²) in [5.74, 6) is -0.480. The summed E-state index contributed by atoms with van der Waals surface area (Å²) in [7, 11) is 0. The molecule has 3 rings (SSSR count). The Morgan fingerprint density at radius 1 is 1.33 bits per heavy atom. The first-order chi connectivity index (χ1) is 11.7. The van der Waals surface area contributed by atoms with Gasteiger partial charge in [-0.25, -0.2) is 0 Å². The minimum absolute atomic E-state index is 0.107. The predicted octanol–water partition coefficient (Wildman–Crippen LogP) is 3.94. The molecule has 1 aromatic rings. The van der Waals surface area contributed by atoms with Crippen molar-refractivity contribution < 1.29 is 19.1 Å². The highest BCUT2D eigenvalue weighted by Crippen LogP contribution is 2.50. The largest absolute Gasteiger partial charge is 0.461 e. The molecule has 1 aliphatic carbocycles. The lowest BCUT2D eigenvalue weighted by Crippen LogP contribution is -2.30. The molecule has 0 amide bonds. The first-order valence-corrected chi connectivity index (χ1v) is 8.77. The lowest BCUT2D eigenvalue weighted by Gasteiger charge is -2.30. The zero-order chi connectivity index (χ0) is 17.0. The fourth-order valence-electron chi connectivity index (χ4n) is 3.86. The van der Waals surface area contributed by atoms with Gasteiger partial charge >= 0.3 is 11.9 Å². The van der Waals surface area contributed by atoms with Crippen molar-refractivity contribution in [1.82, 2.24) is 0 Å². The van der Waals surface area contributed by atoms with Crippen LogP contribution in [0.15, 0.2) is 42.0 Å². The lowest BCUT2D eigenvalue weighted by molar-refractivity contribution is -0.153. The maximum Gasteiger partial charge on any atom is 0.316 e. The predicted molar refractivity (Wildman–Crippen MR) is 90.0 cm³/mol. The third kappa shape index (κ3) is 3.23. The fraction of sp³-hybridized carbons (Fsp3) is 0.500. The van der Waals surface area contributed by atoms with Crippen LogP contribution in [0.3, 0.4) is 0 Å². The highest BCUT2D eigenvalue weighted by atomic mass is 16.6. The van der Waals surface area contributed by atoms with Gasteiger partial charge in [0.05, 0.1) is 11.8 Å². The van der Waals surface area contributed by atoms with E-state index in [0.29, 0.717) is 0 Å². The normalized spacial score (nSPS) is 25.6. The Bertz CT molecular complexity index is 634. The maximum absolute atomic E-state index is 12.5. The number of carbonyl (C=O) groups is 2. The minimum atomic E-state index is -0.489. The van der Waals surface area contributed by atoms with E-state index in [9.17, 15) is 9.59 Å². The number of hydrogen-bond acceptors (Lipinski definition) is 4. The Morgan fingerprint density at radius 2 is 2.12 bits per heavy atom. The Morgan fingerprint density at radius 3 is 2.88 bits per heavy atom. The van der Waals surface area contributed by atoms with E-state index >= 15 is 0 Å². The molecule has 4 nitrogen and oxygen atoms in total. The van der Waals surface area contributed by atoms with Crippen molar-refractivity contribution in [3.63, 3.8) is 0 Å². The van der Waals surface area contributed by atoms with Crippen molar-refractivity contribution in [3.8, 4) is 0 Å². The van der Waals surface area contributed by atoms with Gasteiger partial charge in [-0.05, 0) is 36.8 Å². The number of fused-ring (bicyclic) bond motifs is 1. The average Bonchev–Trinajstić information content (AvgIpc) is 2.87. The molecule has 4 heteroatoms. The molecule has 1 heterocycles. The van der Waals surface area contributed by atoms with Gasteiger partial charge in [-0.3, -0.25) is 9.59 Å².